The number of benzene rings is 1. The summed E-state index contributed by atoms with van der Waals surface area (Å²) < 4.78 is 0. The molecule has 1 aromatic carbocycles. The summed E-state index contributed by atoms with van der Waals surface area (Å²) in [5, 5.41) is 0. The molecule has 0 N–H and O–H groups in total. The Labute approximate surface area is 145 Å². The lowest BCUT2D eigenvalue weighted by atomic mass is 9.94. The number of rotatable bonds is 4. The first-order chi connectivity index (χ1) is 11.8. The summed E-state index contributed by atoms with van der Waals surface area (Å²) in [6.45, 7) is 6.91. The molecule has 0 unspecified atom stereocenters. The van der Waals surface area contributed by atoms with E-state index in [9.17, 15) is 4.79 Å². The molecule has 4 aliphatic rings. The van der Waals surface area contributed by atoms with Crippen LogP contribution in [0.5, 0.6) is 0 Å². The maximum absolute atomic E-state index is 12.8. The molecule has 0 radical (unpaired) electrons. The Balaban J connectivity index is 1.39. The molecular formula is C20H29N3O. The Morgan fingerprint density at radius 3 is 2.58 bits per heavy atom. The lowest BCUT2D eigenvalue weighted by Gasteiger charge is -2.36. The van der Waals surface area contributed by atoms with Gasteiger partial charge in [-0.05, 0) is 50.3 Å². The minimum atomic E-state index is 0.357. The van der Waals surface area contributed by atoms with E-state index < -0.39 is 0 Å². The van der Waals surface area contributed by atoms with Crippen molar-refractivity contribution >= 4 is 5.91 Å². The molecule has 130 valence electrons. The Morgan fingerprint density at radius 1 is 1.00 bits per heavy atom. The van der Waals surface area contributed by atoms with Crippen molar-refractivity contribution in [1.29, 1.82) is 0 Å². The lowest BCUT2D eigenvalue weighted by Crippen LogP contribution is -2.45. The number of hydrogen-bond donors (Lipinski definition) is 0. The zero-order valence-electron chi connectivity index (χ0n) is 14.6. The third-order valence-electron chi connectivity index (χ3n) is 5.97. The normalized spacial score (nSPS) is 28.2. The molecule has 0 spiro atoms. The Bertz CT molecular complexity index is 555. The van der Waals surface area contributed by atoms with Gasteiger partial charge in [0.25, 0.3) is 0 Å². The third kappa shape index (κ3) is 3.65. The third-order valence-corrected chi connectivity index (χ3v) is 5.97. The largest absolute Gasteiger partial charge is 0.340 e. The summed E-state index contributed by atoms with van der Waals surface area (Å²) in [6, 6.07) is 11.3. The molecule has 4 nitrogen and oxygen atoms in total. The first-order valence-corrected chi connectivity index (χ1v) is 9.56. The quantitative estimate of drug-likeness (QED) is 0.848. The maximum atomic E-state index is 12.8. The summed E-state index contributed by atoms with van der Waals surface area (Å²) >= 11 is 0. The van der Waals surface area contributed by atoms with Crippen LogP contribution in [-0.2, 0) is 11.3 Å². The van der Waals surface area contributed by atoms with Crippen molar-refractivity contribution in [2.45, 2.75) is 38.3 Å². The van der Waals surface area contributed by atoms with Crippen molar-refractivity contribution < 1.29 is 4.79 Å². The highest BCUT2D eigenvalue weighted by Crippen LogP contribution is 2.29. The van der Waals surface area contributed by atoms with Crippen molar-refractivity contribution in [3.05, 3.63) is 35.9 Å². The van der Waals surface area contributed by atoms with Crippen molar-refractivity contribution in [1.82, 2.24) is 14.7 Å². The highest BCUT2D eigenvalue weighted by atomic mass is 16.2. The second-order valence-corrected chi connectivity index (χ2v) is 7.79. The van der Waals surface area contributed by atoms with Gasteiger partial charge in [-0.3, -0.25) is 14.6 Å². The van der Waals surface area contributed by atoms with Gasteiger partial charge in [0.1, 0.15) is 0 Å². The number of piperidine rings is 1. The zero-order chi connectivity index (χ0) is 16.4. The second-order valence-electron chi connectivity index (χ2n) is 7.79. The van der Waals surface area contributed by atoms with Crippen LogP contribution in [0.2, 0.25) is 0 Å². The highest BCUT2D eigenvalue weighted by Gasteiger charge is 2.36. The van der Waals surface area contributed by atoms with Gasteiger partial charge in [0, 0.05) is 32.2 Å². The SMILES string of the molecule is O=C(CN1CCCC1)N1C[C@@H]2CC[C@H](C1)N(Cc1ccccc1)C2. The van der Waals surface area contributed by atoms with Gasteiger partial charge in [-0.25, -0.2) is 0 Å². The summed E-state index contributed by atoms with van der Waals surface area (Å²) in [6.07, 6.45) is 5.03. The van der Waals surface area contributed by atoms with Gasteiger partial charge in [-0.1, -0.05) is 30.3 Å². The molecule has 0 aromatic heterocycles. The van der Waals surface area contributed by atoms with E-state index in [4.69, 9.17) is 0 Å². The molecule has 2 bridgehead atoms. The first-order valence-electron chi connectivity index (χ1n) is 9.56. The molecule has 24 heavy (non-hydrogen) atoms. The van der Waals surface area contributed by atoms with Gasteiger partial charge in [-0.2, -0.15) is 0 Å². The van der Waals surface area contributed by atoms with Crippen LogP contribution in [0.1, 0.15) is 31.2 Å². The molecule has 4 fully saturated rings. The number of likely N-dealkylation sites (tertiary alicyclic amines) is 1. The lowest BCUT2D eigenvalue weighted by molar-refractivity contribution is -0.132. The number of fused-ring (bicyclic) bond motifs is 4. The van der Waals surface area contributed by atoms with Crippen LogP contribution in [0.15, 0.2) is 30.3 Å². The maximum Gasteiger partial charge on any atom is 0.236 e. The van der Waals surface area contributed by atoms with Gasteiger partial charge in [0.15, 0.2) is 0 Å². The van der Waals surface area contributed by atoms with E-state index >= 15 is 0 Å². The molecular weight excluding hydrogens is 298 g/mol. The first kappa shape index (κ1) is 16.1. The summed E-state index contributed by atoms with van der Waals surface area (Å²) in [7, 11) is 0. The predicted molar refractivity (Wildman–Crippen MR) is 95.6 cm³/mol. The van der Waals surface area contributed by atoms with E-state index in [1.807, 2.05) is 0 Å². The van der Waals surface area contributed by atoms with Crippen LogP contribution in [0.25, 0.3) is 0 Å². The van der Waals surface area contributed by atoms with Gasteiger partial charge in [0.05, 0.1) is 6.54 Å². The Morgan fingerprint density at radius 2 is 1.79 bits per heavy atom. The van der Waals surface area contributed by atoms with Crippen LogP contribution in [0.3, 0.4) is 0 Å². The van der Waals surface area contributed by atoms with Crippen LogP contribution >= 0.6 is 0 Å². The van der Waals surface area contributed by atoms with Crippen molar-refractivity contribution in [2.75, 3.05) is 39.3 Å². The van der Waals surface area contributed by atoms with Crippen molar-refractivity contribution in [2.24, 2.45) is 5.92 Å². The molecule has 5 rings (SSSR count). The topological polar surface area (TPSA) is 26.8 Å². The molecule has 1 amide bonds. The second kappa shape index (κ2) is 7.24. The van der Waals surface area contributed by atoms with Crippen LogP contribution in [0, 0.1) is 5.92 Å². The molecule has 4 heterocycles. The van der Waals surface area contributed by atoms with Crippen molar-refractivity contribution in [3.63, 3.8) is 0 Å². The number of carbonyl (C=O) groups is 1. The number of amides is 1. The van der Waals surface area contributed by atoms with Crippen molar-refractivity contribution in [3.8, 4) is 0 Å². The van der Waals surface area contributed by atoms with Crippen LogP contribution < -0.4 is 0 Å². The van der Waals surface area contributed by atoms with Crippen LogP contribution in [0.4, 0.5) is 0 Å². The highest BCUT2D eigenvalue weighted by molar-refractivity contribution is 5.78. The molecule has 2 atom stereocenters. The zero-order valence-corrected chi connectivity index (χ0v) is 14.6. The van der Waals surface area contributed by atoms with E-state index in [1.54, 1.807) is 0 Å². The number of carbonyl (C=O) groups excluding carboxylic acids is 1. The minimum Gasteiger partial charge on any atom is -0.340 e. The smallest absolute Gasteiger partial charge is 0.236 e. The summed E-state index contributed by atoms with van der Waals surface area (Å²) in [4.78, 5) is 19.9. The molecule has 1 aromatic rings. The Hall–Kier alpha value is -1.39. The van der Waals surface area contributed by atoms with Gasteiger partial charge < -0.3 is 4.90 Å². The van der Waals surface area contributed by atoms with Crippen LogP contribution in [-0.4, -0.2) is 65.9 Å². The average molecular weight is 327 g/mol. The fourth-order valence-corrected chi connectivity index (χ4v) is 4.63. The number of nitrogens with zero attached hydrogens (tertiary/aromatic N) is 3. The Kier molecular flexibility index (Phi) is 4.86. The fraction of sp³-hybridized carbons (Fsp3) is 0.650. The van der Waals surface area contributed by atoms with Gasteiger partial charge in [-0.15, -0.1) is 0 Å². The molecule has 4 aliphatic heterocycles. The average Bonchev–Trinajstić information content (AvgIpc) is 2.93. The minimum absolute atomic E-state index is 0.357. The van der Waals surface area contributed by atoms with E-state index in [2.05, 4.69) is 45.0 Å². The van der Waals surface area contributed by atoms with E-state index in [1.165, 1.54) is 31.2 Å². The fourth-order valence-electron chi connectivity index (χ4n) is 4.63. The van der Waals surface area contributed by atoms with E-state index in [-0.39, 0.29) is 0 Å². The summed E-state index contributed by atoms with van der Waals surface area (Å²) in [5.74, 6) is 1.00. The van der Waals surface area contributed by atoms with E-state index in [0.29, 0.717) is 24.4 Å². The van der Waals surface area contributed by atoms with Gasteiger partial charge in [0.2, 0.25) is 5.91 Å². The predicted octanol–water partition coefficient (Wildman–Crippen LogP) is 2.21. The number of hydrogen-bond acceptors (Lipinski definition) is 3. The molecule has 0 saturated carbocycles. The summed E-state index contributed by atoms with van der Waals surface area (Å²) in [5.41, 5.74) is 1.39. The molecule has 0 aliphatic carbocycles. The molecule has 4 heteroatoms. The molecule has 4 saturated heterocycles. The van der Waals surface area contributed by atoms with E-state index in [0.717, 1.165) is 39.3 Å². The van der Waals surface area contributed by atoms with Gasteiger partial charge >= 0.3 is 0 Å². The standard InChI is InChI=1S/C20H29N3O/c24-20(16-21-10-4-5-11-21)23-14-18-8-9-19(15-23)22(13-18)12-17-6-2-1-3-7-17/h1-3,6-7,18-19H,4-5,8-16H2/t18-,19-/m1/s1. The monoisotopic (exact) mass is 327 g/mol.